The topological polar surface area (TPSA) is 78.9 Å². The molecule has 5 heteroatoms. The van der Waals surface area contributed by atoms with Gasteiger partial charge in [-0.15, -0.1) is 0 Å². The van der Waals surface area contributed by atoms with Crippen LogP contribution < -0.4 is 10.6 Å². The Bertz CT molecular complexity index is 401. The summed E-state index contributed by atoms with van der Waals surface area (Å²) >= 11 is 0. The maximum Gasteiger partial charge on any atom is 0.132 e. The van der Waals surface area contributed by atoms with Crippen LogP contribution in [0, 0.1) is 25.2 Å². The first-order valence-electron chi connectivity index (χ1n) is 5.97. The molecule has 3 N–H and O–H groups in total. The number of nitrogens with zero attached hydrogens (tertiary/aromatic N) is 3. The number of anilines is 1. The molecule has 0 unspecified atom stereocenters. The fraction of sp³-hybridized carbons (Fsp3) is 0.583. The number of nitrogens with two attached hydrogens (primary N) is 1. The van der Waals surface area contributed by atoms with E-state index in [2.05, 4.69) is 14.9 Å². The Kier molecular flexibility index (Phi) is 3.26. The number of amidine groups is 1. The van der Waals surface area contributed by atoms with Gasteiger partial charge >= 0.3 is 0 Å². The van der Waals surface area contributed by atoms with Crippen LogP contribution in [-0.2, 0) is 0 Å². The average molecular weight is 233 g/mol. The van der Waals surface area contributed by atoms with Crippen LogP contribution in [0.4, 0.5) is 5.82 Å². The number of aryl methyl sites for hydroxylation is 2. The van der Waals surface area contributed by atoms with Crippen molar-refractivity contribution < 1.29 is 0 Å². The van der Waals surface area contributed by atoms with E-state index in [1.807, 2.05) is 19.9 Å². The van der Waals surface area contributed by atoms with E-state index in [-0.39, 0.29) is 5.92 Å². The van der Waals surface area contributed by atoms with Gasteiger partial charge in [-0.25, -0.2) is 9.97 Å². The predicted molar refractivity (Wildman–Crippen MR) is 68.4 cm³/mol. The predicted octanol–water partition coefficient (Wildman–Crippen LogP) is 1.25. The van der Waals surface area contributed by atoms with Gasteiger partial charge in [0.2, 0.25) is 0 Å². The Hall–Kier alpha value is -1.65. The molecular formula is C12H19N5. The van der Waals surface area contributed by atoms with E-state index in [1.54, 1.807) is 0 Å². The molecule has 1 aliphatic rings. The average Bonchev–Trinajstić information content (AvgIpc) is 2.28. The highest BCUT2D eigenvalue weighted by Gasteiger charge is 2.22. The summed E-state index contributed by atoms with van der Waals surface area (Å²) in [6.07, 6.45) is 1.88. The fourth-order valence-corrected chi connectivity index (χ4v) is 2.28. The van der Waals surface area contributed by atoms with Crippen molar-refractivity contribution in [1.29, 1.82) is 5.41 Å². The van der Waals surface area contributed by atoms with Crippen molar-refractivity contribution in [2.45, 2.75) is 26.7 Å². The van der Waals surface area contributed by atoms with Crippen LogP contribution >= 0.6 is 0 Å². The van der Waals surface area contributed by atoms with Crippen molar-refractivity contribution in [3.63, 3.8) is 0 Å². The lowest BCUT2D eigenvalue weighted by atomic mass is 9.96. The standard InChI is InChI=1S/C12H19N5/c1-8-7-11(16-9(2)15-8)17-5-3-10(4-6-17)12(13)14/h7,10H,3-6H2,1-2H3,(H3,13,14). The normalized spacial score (nSPS) is 17.2. The van der Waals surface area contributed by atoms with Gasteiger partial charge < -0.3 is 10.6 Å². The SMILES string of the molecule is Cc1cc(N2CCC(C(=N)N)CC2)nc(C)n1. The summed E-state index contributed by atoms with van der Waals surface area (Å²) in [6.45, 7) is 5.74. The second-order valence-corrected chi connectivity index (χ2v) is 4.63. The van der Waals surface area contributed by atoms with E-state index >= 15 is 0 Å². The van der Waals surface area contributed by atoms with Crippen molar-refractivity contribution in [2.75, 3.05) is 18.0 Å². The van der Waals surface area contributed by atoms with Gasteiger partial charge in [-0.3, -0.25) is 5.41 Å². The first kappa shape index (κ1) is 11.8. The molecule has 1 saturated heterocycles. The second kappa shape index (κ2) is 4.69. The van der Waals surface area contributed by atoms with E-state index in [4.69, 9.17) is 11.1 Å². The van der Waals surface area contributed by atoms with Crippen molar-refractivity contribution in [1.82, 2.24) is 9.97 Å². The molecule has 17 heavy (non-hydrogen) atoms. The third-order valence-electron chi connectivity index (χ3n) is 3.21. The number of hydrogen-bond donors (Lipinski definition) is 2. The molecule has 1 aromatic heterocycles. The Balaban J connectivity index is 2.07. The molecule has 5 nitrogen and oxygen atoms in total. The minimum Gasteiger partial charge on any atom is -0.387 e. The van der Waals surface area contributed by atoms with Gasteiger partial charge in [-0.1, -0.05) is 0 Å². The van der Waals surface area contributed by atoms with E-state index in [0.717, 1.165) is 43.3 Å². The van der Waals surface area contributed by atoms with Crippen LogP contribution in [0.1, 0.15) is 24.4 Å². The van der Waals surface area contributed by atoms with E-state index < -0.39 is 0 Å². The Morgan fingerprint density at radius 3 is 2.53 bits per heavy atom. The molecule has 0 aromatic carbocycles. The number of nitrogens with one attached hydrogen (secondary N) is 1. The molecule has 1 fully saturated rings. The molecule has 0 atom stereocenters. The minimum absolute atomic E-state index is 0.246. The molecule has 2 heterocycles. The first-order valence-corrected chi connectivity index (χ1v) is 5.97. The molecule has 0 spiro atoms. The van der Waals surface area contributed by atoms with E-state index in [0.29, 0.717) is 5.84 Å². The van der Waals surface area contributed by atoms with Crippen molar-refractivity contribution >= 4 is 11.7 Å². The van der Waals surface area contributed by atoms with Gasteiger partial charge in [0.25, 0.3) is 0 Å². The van der Waals surface area contributed by atoms with Gasteiger partial charge in [0.15, 0.2) is 0 Å². The quantitative estimate of drug-likeness (QED) is 0.595. The van der Waals surface area contributed by atoms with Crippen molar-refractivity contribution in [3.8, 4) is 0 Å². The lowest BCUT2D eigenvalue weighted by Gasteiger charge is -2.32. The monoisotopic (exact) mass is 233 g/mol. The van der Waals surface area contributed by atoms with Crippen molar-refractivity contribution in [3.05, 3.63) is 17.6 Å². The molecule has 0 amide bonds. The maximum absolute atomic E-state index is 7.46. The fourth-order valence-electron chi connectivity index (χ4n) is 2.28. The highest BCUT2D eigenvalue weighted by Crippen LogP contribution is 2.22. The van der Waals surface area contributed by atoms with E-state index in [9.17, 15) is 0 Å². The third kappa shape index (κ3) is 2.72. The van der Waals surface area contributed by atoms with Crippen LogP contribution in [0.15, 0.2) is 6.07 Å². The molecule has 0 bridgehead atoms. The molecule has 0 radical (unpaired) electrons. The van der Waals surface area contributed by atoms with Gasteiger partial charge in [0.1, 0.15) is 11.6 Å². The molecule has 0 aliphatic carbocycles. The van der Waals surface area contributed by atoms with Crippen LogP contribution in [0.25, 0.3) is 0 Å². The third-order valence-corrected chi connectivity index (χ3v) is 3.21. The summed E-state index contributed by atoms with van der Waals surface area (Å²) < 4.78 is 0. The second-order valence-electron chi connectivity index (χ2n) is 4.63. The first-order chi connectivity index (χ1) is 8.06. The Morgan fingerprint density at radius 2 is 2.00 bits per heavy atom. The van der Waals surface area contributed by atoms with Gasteiger partial charge in [0, 0.05) is 30.8 Å². The Labute approximate surface area is 102 Å². The molecule has 92 valence electrons. The highest BCUT2D eigenvalue weighted by molar-refractivity contribution is 5.79. The number of rotatable bonds is 2. The molecule has 1 aliphatic heterocycles. The summed E-state index contributed by atoms with van der Waals surface area (Å²) in [5.41, 5.74) is 6.54. The van der Waals surface area contributed by atoms with Crippen LogP contribution in [-0.4, -0.2) is 28.9 Å². The van der Waals surface area contributed by atoms with Crippen LogP contribution in [0.2, 0.25) is 0 Å². The summed E-state index contributed by atoms with van der Waals surface area (Å²) in [6, 6.07) is 2.01. The molecular weight excluding hydrogens is 214 g/mol. The minimum atomic E-state index is 0.246. The number of aromatic nitrogens is 2. The Morgan fingerprint density at radius 1 is 1.35 bits per heavy atom. The lowest BCUT2D eigenvalue weighted by molar-refractivity contribution is 0.494. The largest absolute Gasteiger partial charge is 0.387 e. The van der Waals surface area contributed by atoms with Gasteiger partial charge in [-0.2, -0.15) is 0 Å². The zero-order valence-corrected chi connectivity index (χ0v) is 10.4. The van der Waals surface area contributed by atoms with Crippen LogP contribution in [0.3, 0.4) is 0 Å². The zero-order chi connectivity index (χ0) is 12.4. The smallest absolute Gasteiger partial charge is 0.132 e. The van der Waals surface area contributed by atoms with Crippen molar-refractivity contribution in [2.24, 2.45) is 11.7 Å². The maximum atomic E-state index is 7.46. The van der Waals surface area contributed by atoms with E-state index in [1.165, 1.54) is 0 Å². The summed E-state index contributed by atoms with van der Waals surface area (Å²) in [5, 5.41) is 7.46. The summed E-state index contributed by atoms with van der Waals surface area (Å²) in [5.74, 6) is 2.38. The van der Waals surface area contributed by atoms with Gasteiger partial charge in [-0.05, 0) is 26.7 Å². The summed E-state index contributed by atoms with van der Waals surface area (Å²) in [7, 11) is 0. The molecule has 2 rings (SSSR count). The van der Waals surface area contributed by atoms with Crippen LogP contribution in [0.5, 0.6) is 0 Å². The number of piperidine rings is 1. The summed E-state index contributed by atoms with van der Waals surface area (Å²) in [4.78, 5) is 11.0. The van der Waals surface area contributed by atoms with Gasteiger partial charge in [0.05, 0.1) is 5.84 Å². The molecule has 0 saturated carbocycles. The lowest BCUT2D eigenvalue weighted by Crippen LogP contribution is -2.38. The number of hydrogen-bond acceptors (Lipinski definition) is 4. The highest BCUT2D eigenvalue weighted by atomic mass is 15.2. The molecule has 1 aromatic rings. The zero-order valence-electron chi connectivity index (χ0n) is 10.4.